The lowest BCUT2D eigenvalue weighted by Crippen LogP contribution is -2.37. The van der Waals surface area contributed by atoms with Crippen LogP contribution in [0.25, 0.3) is 0 Å². The van der Waals surface area contributed by atoms with Crippen molar-refractivity contribution in [3.8, 4) is 0 Å². The highest BCUT2D eigenvalue weighted by Gasteiger charge is 2.08. The van der Waals surface area contributed by atoms with Crippen LogP contribution in [0.15, 0.2) is 30.3 Å². The Balaban J connectivity index is 2.36. The Morgan fingerprint density at radius 2 is 1.94 bits per heavy atom. The summed E-state index contributed by atoms with van der Waals surface area (Å²) < 4.78 is 0. The van der Waals surface area contributed by atoms with Crippen molar-refractivity contribution in [3.63, 3.8) is 0 Å². The molecule has 0 aliphatic carbocycles. The molecule has 1 aromatic carbocycles. The summed E-state index contributed by atoms with van der Waals surface area (Å²) in [5.74, 6) is 0.503. The van der Waals surface area contributed by atoms with Crippen molar-refractivity contribution in [1.82, 2.24) is 5.32 Å². The third-order valence-electron chi connectivity index (χ3n) is 2.33. The fraction of sp³-hybridized carbons (Fsp3) is 0.462. The van der Waals surface area contributed by atoms with Gasteiger partial charge in [0, 0.05) is 18.2 Å². The van der Waals surface area contributed by atoms with E-state index in [9.17, 15) is 4.79 Å². The lowest BCUT2D eigenvalue weighted by Gasteiger charge is -2.14. The molecule has 1 rings (SSSR count). The van der Waals surface area contributed by atoms with E-state index in [1.165, 1.54) is 0 Å². The Morgan fingerprint density at radius 1 is 1.31 bits per heavy atom. The highest BCUT2D eigenvalue weighted by atomic mass is 16.1. The molecule has 0 radical (unpaired) electrons. The van der Waals surface area contributed by atoms with Crippen molar-refractivity contribution in [2.75, 3.05) is 6.54 Å². The van der Waals surface area contributed by atoms with Gasteiger partial charge in [-0.3, -0.25) is 4.79 Å². The maximum absolute atomic E-state index is 11.7. The van der Waals surface area contributed by atoms with E-state index in [-0.39, 0.29) is 11.9 Å². The largest absolute Gasteiger partial charge is 0.350 e. The molecule has 16 heavy (non-hydrogen) atoms. The van der Waals surface area contributed by atoms with Gasteiger partial charge in [-0.05, 0) is 24.5 Å². The third kappa shape index (κ3) is 4.45. The van der Waals surface area contributed by atoms with Gasteiger partial charge in [-0.1, -0.05) is 32.0 Å². The highest BCUT2D eigenvalue weighted by Crippen LogP contribution is 2.02. The number of hydrogen-bond donors (Lipinski definition) is 2. The predicted molar refractivity (Wildman–Crippen MR) is 66.2 cm³/mol. The van der Waals surface area contributed by atoms with Gasteiger partial charge in [0.1, 0.15) is 0 Å². The second kappa shape index (κ2) is 6.28. The molecule has 0 fully saturated rings. The van der Waals surface area contributed by atoms with Crippen LogP contribution in [0, 0.1) is 5.92 Å². The van der Waals surface area contributed by atoms with Crippen LogP contribution in [0.5, 0.6) is 0 Å². The smallest absolute Gasteiger partial charge is 0.251 e. The predicted octanol–water partition coefficient (Wildman–Crippen LogP) is 1.79. The van der Waals surface area contributed by atoms with Crippen molar-refractivity contribution in [1.29, 1.82) is 0 Å². The molecule has 0 heterocycles. The fourth-order valence-corrected chi connectivity index (χ4v) is 1.60. The first kappa shape index (κ1) is 12.7. The normalized spacial score (nSPS) is 12.5. The molecule has 0 aromatic heterocycles. The Bertz CT molecular complexity index is 322. The van der Waals surface area contributed by atoms with E-state index in [2.05, 4.69) is 19.2 Å². The van der Waals surface area contributed by atoms with Gasteiger partial charge in [-0.25, -0.2) is 0 Å². The summed E-state index contributed by atoms with van der Waals surface area (Å²) in [6.45, 7) is 4.78. The molecular weight excluding hydrogens is 200 g/mol. The molecule has 88 valence electrons. The number of nitrogens with one attached hydrogen (secondary N) is 1. The zero-order valence-corrected chi connectivity index (χ0v) is 9.94. The highest BCUT2D eigenvalue weighted by molar-refractivity contribution is 5.94. The molecule has 0 aliphatic heterocycles. The zero-order valence-electron chi connectivity index (χ0n) is 9.94. The van der Waals surface area contributed by atoms with E-state index in [1.54, 1.807) is 12.1 Å². The monoisotopic (exact) mass is 220 g/mol. The second-order valence-electron chi connectivity index (χ2n) is 4.47. The Labute approximate surface area is 97.0 Å². The molecule has 1 atom stereocenters. The van der Waals surface area contributed by atoms with Crippen LogP contribution in [-0.4, -0.2) is 18.5 Å². The van der Waals surface area contributed by atoms with Gasteiger partial charge in [-0.2, -0.15) is 0 Å². The first-order chi connectivity index (χ1) is 7.59. The number of rotatable bonds is 5. The minimum atomic E-state index is -0.0557. The number of hydrogen-bond acceptors (Lipinski definition) is 2. The van der Waals surface area contributed by atoms with Crippen molar-refractivity contribution in [2.24, 2.45) is 11.7 Å². The quantitative estimate of drug-likeness (QED) is 0.795. The standard InChI is InChI=1S/C13H20N2O/c1-10(2)8-12(14)9-15-13(16)11-6-4-3-5-7-11/h3-7,10,12H,8-9,14H2,1-2H3,(H,15,16). The molecule has 0 saturated carbocycles. The molecule has 1 unspecified atom stereocenters. The Morgan fingerprint density at radius 3 is 2.50 bits per heavy atom. The summed E-state index contributed by atoms with van der Waals surface area (Å²) in [4.78, 5) is 11.7. The van der Waals surface area contributed by atoms with Crippen molar-refractivity contribution >= 4 is 5.91 Å². The maximum Gasteiger partial charge on any atom is 0.251 e. The average molecular weight is 220 g/mol. The van der Waals surface area contributed by atoms with Crippen molar-refractivity contribution in [3.05, 3.63) is 35.9 Å². The van der Waals surface area contributed by atoms with Crippen LogP contribution in [-0.2, 0) is 0 Å². The number of carbonyl (C=O) groups excluding carboxylic acids is 1. The summed E-state index contributed by atoms with van der Waals surface area (Å²) >= 11 is 0. The molecule has 3 heteroatoms. The van der Waals surface area contributed by atoms with Crippen molar-refractivity contribution in [2.45, 2.75) is 26.3 Å². The van der Waals surface area contributed by atoms with E-state index in [0.717, 1.165) is 6.42 Å². The fourth-order valence-electron chi connectivity index (χ4n) is 1.60. The van der Waals surface area contributed by atoms with Crippen molar-refractivity contribution < 1.29 is 4.79 Å². The van der Waals surface area contributed by atoms with Gasteiger partial charge in [0.25, 0.3) is 5.91 Å². The van der Waals surface area contributed by atoms with Gasteiger partial charge in [0.15, 0.2) is 0 Å². The Kier molecular flexibility index (Phi) is 4.99. The number of benzene rings is 1. The van der Waals surface area contributed by atoms with Gasteiger partial charge in [0.05, 0.1) is 0 Å². The summed E-state index contributed by atoms with van der Waals surface area (Å²) in [7, 11) is 0. The summed E-state index contributed by atoms with van der Waals surface area (Å²) in [6, 6.07) is 9.22. The molecule has 0 saturated heterocycles. The summed E-state index contributed by atoms with van der Waals surface area (Å²) in [5.41, 5.74) is 6.57. The number of nitrogens with two attached hydrogens (primary N) is 1. The van der Waals surface area contributed by atoms with Crippen LogP contribution in [0.1, 0.15) is 30.6 Å². The van der Waals surface area contributed by atoms with Crippen LogP contribution in [0.3, 0.4) is 0 Å². The number of carbonyl (C=O) groups is 1. The van der Waals surface area contributed by atoms with E-state index >= 15 is 0 Å². The van der Waals surface area contributed by atoms with Crippen LogP contribution in [0.4, 0.5) is 0 Å². The summed E-state index contributed by atoms with van der Waals surface area (Å²) in [6.07, 6.45) is 0.926. The zero-order chi connectivity index (χ0) is 12.0. The van der Waals surface area contributed by atoms with Crippen LogP contribution in [0.2, 0.25) is 0 Å². The molecule has 0 spiro atoms. The van der Waals surface area contributed by atoms with Gasteiger partial charge in [-0.15, -0.1) is 0 Å². The van der Waals surface area contributed by atoms with E-state index in [0.29, 0.717) is 18.0 Å². The van der Waals surface area contributed by atoms with Crippen LogP contribution >= 0.6 is 0 Å². The molecule has 3 N–H and O–H groups in total. The lowest BCUT2D eigenvalue weighted by atomic mass is 10.0. The summed E-state index contributed by atoms with van der Waals surface area (Å²) in [5, 5.41) is 2.84. The van der Waals surface area contributed by atoms with Gasteiger partial charge in [0.2, 0.25) is 0 Å². The van der Waals surface area contributed by atoms with E-state index in [4.69, 9.17) is 5.73 Å². The van der Waals surface area contributed by atoms with E-state index in [1.807, 2.05) is 18.2 Å². The molecule has 0 bridgehead atoms. The van der Waals surface area contributed by atoms with Gasteiger partial charge < -0.3 is 11.1 Å². The van der Waals surface area contributed by atoms with Crippen LogP contribution < -0.4 is 11.1 Å². The maximum atomic E-state index is 11.7. The van der Waals surface area contributed by atoms with Gasteiger partial charge >= 0.3 is 0 Å². The lowest BCUT2D eigenvalue weighted by molar-refractivity contribution is 0.0950. The first-order valence-electron chi connectivity index (χ1n) is 5.68. The Hall–Kier alpha value is -1.35. The first-order valence-corrected chi connectivity index (χ1v) is 5.68. The number of amides is 1. The third-order valence-corrected chi connectivity index (χ3v) is 2.33. The molecule has 3 nitrogen and oxygen atoms in total. The minimum Gasteiger partial charge on any atom is -0.350 e. The molecular formula is C13H20N2O. The topological polar surface area (TPSA) is 55.1 Å². The van der Waals surface area contributed by atoms with E-state index < -0.39 is 0 Å². The average Bonchev–Trinajstić information content (AvgIpc) is 2.26. The molecule has 1 amide bonds. The molecule has 0 aliphatic rings. The molecule has 1 aromatic rings. The second-order valence-corrected chi connectivity index (χ2v) is 4.47. The SMILES string of the molecule is CC(C)CC(N)CNC(=O)c1ccccc1. The minimum absolute atomic E-state index is 0.0349.